The van der Waals surface area contributed by atoms with E-state index in [9.17, 15) is 9.59 Å². The molecular weight excluding hydrogens is 308 g/mol. The van der Waals surface area contributed by atoms with Crippen molar-refractivity contribution in [2.75, 3.05) is 6.54 Å². The number of likely N-dealkylation sites (tertiary alicyclic amines) is 1. The fourth-order valence-electron chi connectivity index (χ4n) is 4.24. The van der Waals surface area contributed by atoms with E-state index in [1.807, 2.05) is 4.90 Å². The van der Waals surface area contributed by atoms with Gasteiger partial charge in [0.1, 0.15) is 5.54 Å². The fraction of sp³-hybridized carbons (Fsp3) is 0.765. The van der Waals surface area contributed by atoms with Gasteiger partial charge in [0.05, 0.1) is 5.92 Å². The summed E-state index contributed by atoms with van der Waals surface area (Å²) in [5, 5.41) is 7.13. The number of carbonyl (C=O) groups excluding carboxylic acids is 2. The first-order valence-electron chi connectivity index (χ1n) is 9.00. The van der Waals surface area contributed by atoms with Gasteiger partial charge in [0.15, 0.2) is 5.82 Å². The highest BCUT2D eigenvalue weighted by Crippen LogP contribution is 2.40. The molecule has 0 unspecified atom stereocenters. The van der Waals surface area contributed by atoms with Gasteiger partial charge in [0, 0.05) is 25.9 Å². The van der Waals surface area contributed by atoms with Crippen molar-refractivity contribution in [2.45, 2.75) is 69.9 Å². The number of amides is 2. The first-order chi connectivity index (χ1) is 11.6. The number of aryl methyl sites for hydroxylation is 1. The van der Waals surface area contributed by atoms with Crippen LogP contribution in [0.15, 0.2) is 4.52 Å². The molecule has 7 nitrogen and oxygen atoms in total. The van der Waals surface area contributed by atoms with Crippen LogP contribution in [0.3, 0.4) is 0 Å². The van der Waals surface area contributed by atoms with Crippen molar-refractivity contribution in [3.8, 4) is 0 Å². The van der Waals surface area contributed by atoms with Crippen molar-refractivity contribution in [1.82, 2.24) is 20.4 Å². The van der Waals surface area contributed by atoms with E-state index in [1.54, 1.807) is 6.92 Å². The molecule has 0 spiro atoms. The van der Waals surface area contributed by atoms with Gasteiger partial charge in [-0.15, -0.1) is 0 Å². The normalized spacial score (nSPS) is 26.6. The summed E-state index contributed by atoms with van der Waals surface area (Å²) in [7, 11) is 0. The van der Waals surface area contributed by atoms with Crippen molar-refractivity contribution in [2.24, 2.45) is 5.92 Å². The third-order valence-corrected chi connectivity index (χ3v) is 5.82. The second-order valence-corrected chi connectivity index (χ2v) is 7.45. The first kappa shape index (κ1) is 15.6. The van der Waals surface area contributed by atoms with E-state index < -0.39 is 5.54 Å². The van der Waals surface area contributed by atoms with Crippen molar-refractivity contribution in [1.29, 1.82) is 0 Å². The van der Waals surface area contributed by atoms with Crippen LogP contribution in [0.2, 0.25) is 0 Å². The van der Waals surface area contributed by atoms with Gasteiger partial charge in [0.2, 0.25) is 17.7 Å². The third kappa shape index (κ3) is 2.59. The molecule has 0 bridgehead atoms. The lowest BCUT2D eigenvalue weighted by Crippen LogP contribution is -2.53. The molecule has 1 aromatic rings. The Morgan fingerprint density at radius 2 is 2.04 bits per heavy atom. The Bertz CT molecular complexity index is 646. The summed E-state index contributed by atoms with van der Waals surface area (Å²) in [6.45, 7) is 2.30. The van der Waals surface area contributed by atoms with Crippen LogP contribution in [0.1, 0.15) is 63.1 Å². The molecule has 7 heteroatoms. The van der Waals surface area contributed by atoms with E-state index in [0.29, 0.717) is 30.7 Å². The van der Waals surface area contributed by atoms with Crippen LogP contribution < -0.4 is 5.32 Å². The molecule has 2 aliphatic carbocycles. The molecule has 1 atom stereocenters. The Morgan fingerprint density at radius 3 is 2.62 bits per heavy atom. The van der Waals surface area contributed by atoms with Crippen LogP contribution in [-0.2, 0) is 15.1 Å². The molecule has 130 valence electrons. The highest BCUT2D eigenvalue weighted by Gasteiger charge is 2.47. The fourth-order valence-corrected chi connectivity index (χ4v) is 4.24. The topological polar surface area (TPSA) is 88.3 Å². The van der Waals surface area contributed by atoms with Gasteiger partial charge in [-0.2, -0.15) is 4.98 Å². The smallest absolute Gasteiger partial charge is 0.226 e. The van der Waals surface area contributed by atoms with Crippen molar-refractivity contribution < 1.29 is 14.1 Å². The maximum Gasteiger partial charge on any atom is 0.226 e. The highest BCUT2D eigenvalue weighted by atomic mass is 16.5. The standard InChI is InChI=1S/C17H24N4O3/c1-11-18-16(20-24-11)17(7-4-8-17)19-15(23)12-9-14(22)21(10-12)13-5-2-3-6-13/h12-13H,2-10H2,1H3,(H,19,23)/t12-/m1/s1. The van der Waals surface area contributed by atoms with Crippen LogP contribution in [0.5, 0.6) is 0 Å². The number of hydrogen-bond donors (Lipinski definition) is 1. The maximum absolute atomic E-state index is 12.8. The first-order valence-corrected chi connectivity index (χ1v) is 9.00. The van der Waals surface area contributed by atoms with Gasteiger partial charge >= 0.3 is 0 Å². The molecule has 3 aliphatic rings. The zero-order valence-corrected chi connectivity index (χ0v) is 14.1. The predicted molar refractivity (Wildman–Crippen MR) is 84.8 cm³/mol. The Balaban J connectivity index is 1.43. The summed E-state index contributed by atoms with van der Waals surface area (Å²) >= 11 is 0. The Labute approximate surface area is 141 Å². The lowest BCUT2D eigenvalue weighted by molar-refractivity contribution is -0.131. The van der Waals surface area contributed by atoms with E-state index >= 15 is 0 Å². The lowest BCUT2D eigenvalue weighted by Gasteiger charge is -2.40. The number of rotatable bonds is 4. The zero-order chi connectivity index (χ0) is 16.7. The largest absolute Gasteiger partial charge is 0.343 e. The zero-order valence-electron chi connectivity index (χ0n) is 14.1. The van der Waals surface area contributed by atoms with Gasteiger partial charge in [0.25, 0.3) is 0 Å². The van der Waals surface area contributed by atoms with E-state index in [0.717, 1.165) is 32.1 Å². The Hall–Kier alpha value is -1.92. The van der Waals surface area contributed by atoms with Gasteiger partial charge in [-0.1, -0.05) is 18.0 Å². The Kier molecular flexibility index (Phi) is 3.81. The van der Waals surface area contributed by atoms with Crippen LogP contribution in [0, 0.1) is 12.8 Å². The van der Waals surface area contributed by atoms with E-state index in [-0.39, 0.29) is 17.7 Å². The third-order valence-electron chi connectivity index (χ3n) is 5.82. The van der Waals surface area contributed by atoms with Gasteiger partial charge in [-0.3, -0.25) is 9.59 Å². The van der Waals surface area contributed by atoms with E-state index in [1.165, 1.54) is 12.8 Å². The van der Waals surface area contributed by atoms with E-state index in [4.69, 9.17) is 4.52 Å². The molecule has 2 heterocycles. The number of nitrogens with one attached hydrogen (secondary N) is 1. The number of hydrogen-bond acceptors (Lipinski definition) is 5. The van der Waals surface area contributed by atoms with Crippen LogP contribution in [-0.4, -0.2) is 39.4 Å². The average molecular weight is 332 g/mol. The summed E-state index contributed by atoms with van der Waals surface area (Å²) in [6, 6.07) is 0.341. The number of nitrogens with zero attached hydrogens (tertiary/aromatic N) is 3. The number of aromatic nitrogens is 2. The van der Waals surface area contributed by atoms with Gasteiger partial charge in [-0.25, -0.2) is 0 Å². The quantitative estimate of drug-likeness (QED) is 0.906. The van der Waals surface area contributed by atoms with Gasteiger partial charge < -0.3 is 14.7 Å². The minimum absolute atomic E-state index is 0.0500. The molecule has 1 N–H and O–H groups in total. The van der Waals surface area contributed by atoms with Crippen LogP contribution in [0.4, 0.5) is 0 Å². The minimum atomic E-state index is -0.501. The molecule has 0 aromatic carbocycles. The highest BCUT2D eigenvalue weighted by molar-refractivity contribution is 5.89. The monoisotopic (exact) mass is 332 g/mol. The van der Waals surface area contributed by atoms with Crippen LogP contribution >= 0.6 is 0 Å². The molecule has 2 amide bonds. The van der Waals surface area contributed by atoms with Crippen LogP contribution in [0.25, 0.3) is 0 Å². The summed E-state index contributed by atoms with van der Waals surface area (Å²) in [4.78, 5) is 31.3. The molecule has 24 heavy (non-hydrogen) atoms. The molecule has 4 rings (SSSR count). The SMILES string of the molecule is Cc1nc(C2(NC(=O)[C@@H]3CC(=O)N(C4CCCC4)C3)CCC2)no1. The average Bonchev–Trinajstić information content (AvgIpc) is 3.23. The molecule has 1 aromatic heterocycles. The van der Waals surface area contributed by atoms with E-state index in [2.05, 4.69) is 15.5 Å². The summed E-state index contributed by atoms with van der Waals surface area (Å²) in [5.41, 5.74) is -0.501. The van der Waals surface area contributed by atoms with Crippen molar-refractivity contribution >= 4 is 11.8 Å². The number of carbonyl (C=O) groups is 2. The van der Waals surface area contributed by atoms with Crippen molar-refractivity contribution in [3.05, 3.63) is 11.7 Å². The molecule has 0 radical (unpaired) electrons. The Morgan fingerprint density at radius 1 is 1.29 bits per heavy atom. The van der Waals surface area contributed by atoms with Gasteiger partial charge in [-0.05, 0) is 32.1 Å². The minimum Gasteiger partial charge on any atom is -0.343 e. The predicted octanol–water partition coefficient (Wildman–Crippen LogP) is 1.66. The molecule has 1 aliphatic heterocycles. The maximum atomic E-state index is 12.8. The second-order valence-electron chi connectivity index (χ2n) is 7.45. The molecular formula is C17H24N4O3. The van der Waals surface area contributed by atoms with Crippen molar-refractivity contribution in [3.63, 3.8) is 0 Å². The second kappa shape index (κ2) is 5.86. The molecule has 3 fully saturated rings. The molecule has 1 saturated heterocycles. The lowest BCUT2D eigenvalue weighted by atomic mass is 9.75. The summed E-state index contributed by atoms with van der Waals surface area (Å²) in [6.07, 6.45) is 7.53. The molecule has 2 saturated carbocycles. The summed E-state index contributed by atoms with van der Waals surface area (Å²) in [5.74, 6) is 0.889. The summed E-state index contributed by atoms with van der Waals surface area (Å²) < 4.78 is 5.08.